The second-order valence-electron chi connectivity index (χ2n) is 8.06. The number of esters is 1. The minimum atomic E-state index is -0.873. The van der Waals surface area contributed by atoms with Crippen LogP contribution in [0.1, 0.15) is 21.5 Å². The number of rotatable bonds is 4. The standard InChI is InChI=1S/C26H16Br2N2O7/c1-13-2-5-17(6-3-13)30-24(32)18(23(31)29-26(30)34)9-15-8-16(27)11-19(28)22(15)37-25(33)14-4-7-20-21(10-14)36-12-35-20/h2-11H,12H2,1H3,(H,29,31,34)/b18-9-. The third kappa shape index (κ3) is 4.87. The summed E-state index contributed by atoms with van der Waals surface area (Å²) in [5, 5.41) is 2.18. The number of imide groups is 2. The van der Waals surface area contributed by atoms with E-state index in [1.807, 2.05) is 6.92 Å². The highest BCUT2D eigenvalue weighted by Crippen LogP contribution is 2.37. The lowest BCUT2D eigenvalue weighted by Crippen LogP contribution is -2.54. The Morgan fingerprint density at radius 1 is 1.00 bits per heavy atom. The Morgan fingerprint density at radius 2 is 1.73 bits per heavy atom. The van der Waals surface area contributed by atoms with Gasteiger partial charge in [-0.05, 0) is 71.4 Å². The molecule has 2 aliphatic rings. The summed E-state index contributed by atoms with van der Waals surface area (Å²) in [6.07, 6.45) is 1.27. The summed E-state index contributed by atoms with van der Waals surface area (Å²) in [6.45, 7) is 1.93. The van der Waals surface area contributed by atoms with Crippen molar-refractivity contribution in [2.45, 2.75) is 6.92 Å². The monoisotopic (exact) mass is 626 g/mol. The van der Waals surface area contributed by atoms with Crippen LogP contribution in [-0.2, 0) is 9.59 Å². The van der Waals surface area contributed by atoms with Gasteiger partial charge in [0.2, 0.25) is 6.79 Å². The molecule has 1 fully saturated rings. The number of aryl methyl sites for hydroxylation is 1. The maximum Gasteiger partial charge on any atom is 0.343 e. The molecule has 3 aromatic carbocycles. The van der Waals surface area contributed by atoms with Crippen LogP contribution >= 0.6 is 31.9 Å². The average molecular weight is 628 g/mol. The molecule has 0 saturated carbocycles. The largest absolute Gasteiger partial charge is 0.454 e. The van der Waals surface area contributed by atoms with Gasteiger partial charge in [0, 0.05) is 10.0 Å². The fourth-order valence-electron chi connectivity index (χ4n) is 3.71. The normalized spacial score (nSPS) is 15.7. The predicted molar refractivity (Wildman–Crippen MR) is 140 cm³/mol. The molecule has 0 spiro atoms. The van der Waals surface area contributed by atoms with Crippen LogP contribution in [0.2, 0.25) is 0 Å². The molecule has 9 nitrogen and oxygen atoms in total. The van der Waals surface area contributed by atoms with Gasteiger partial charge < -0.3 is 14.2 Å². The van der Waals surface area contributed by atoms with Crippen LogP contribution < -0.4 is 24.4 Å². The lowest BCUT2D eigenvalue weighted by molar-refractivity contribution is -0.122. The van der Waals surface area contributed by atoms with E-state index in [2.05, 4.69) is 37.2 Å². The van der Waals surface area contributed by atoms with Crippen LogP contribution in [-0.4, -0.2) is 30.6 Å². The molecule has 0 unspecified atom stereocenters. The zero-order chi connectivity index (χ0) is 26.3. The zero-order valence-corrected chi connectivity index (χ0v) is 22.2. The quantitative estimate of drug-likeness (QED) is 0.185. The maximum atomic E-state index is 13.3. The highest BCUT2D eigenvalue weighted by atomic mass is 79.9. The van der Waals surface area contributed by atoms with Crippen molar-refractivity contribution >= 4 is 67.4 Å². The number of urea groups is 1. The van der Waals surface area contributed by atoms with Crippen molar-refractivity contribution in [1.82, 2.24) is 5.32 Å². The number of hydrogen-bond donors (Lipinski definition) is 1. The van der Waals surface area contributed by atoms with Crippen LogP contribution in [0.4, 0.5) is 10.5 Å². The molecule has 0 aromatic heterocycles. The second kappa shape index (κ2) is 9.83. The summed E-state index contributed by atoms with van der Waals surface area (Å²) in [4.78, 5) is 52.3. The van der Waals surface area contributed by atoms with Gasteiger partial charge in [-0.1, -0.05) is 33.6 Å². The van der Waals surface area contributed by atoms with Crippen molar-refractivity contribution in [3.63, 3.8) is 0 Å². The molecular formula is C26H16Br2N2O7. The first-order chi connectivity index (χ1) is 17.7. The van der Waals surface area contributed by atoms with Crippen LogP contribution in [0, 0.1) is 6.92 Å². The number of anilines is 1. The maximum absolute atomic E-state index is 13.3. The number of carbonyl (C=O) groups excluding carboxylic acids is 4. The lowest BCUT2D eigenvalue weighted by Gasteiger charge is -2.26. The molecule has 0 atom stereocenters. The number of hydrogen-bond acceptors (Lipinski definition) is 7. The Bertz CT molecular complexity index is 1520. The van der Waals surface area contributed by atoms with Crippen molar-refractivity contribution in [2.24, 2.45) is 0 Å². The molecule has 1 N–H and O–H groups in total. The molecule has 0 radical (unpaired) electrons. The first-order valence-electron chi connectivity index (χ1n) is 10.8. The Morgan fingerprint density at radius 3 is 2.49 bits per heavy atom. The molecule has 3 aromatic rings. The molecule has 2 aliphatic heterocycles. The highest BCUT2D eigenvalue weighted by Gasteiger charge is 2.37. The molecule has 1 saturated heterocycles. The molecule has 37 heavy (non-hydrogen) atoms. The van der Waals surface area contributed by atoms with Gasteiger partial charge in [-0.2, -0.15) is 0 Å². The predicted octanol–water partition coefficient (Wildman–Crippen LogP) is 5.13. The number of benzene rings is 3. The number of nitrogens with zero attached hydrogens (tertiary/aromatic N) is 1. The Labute approximate surface area is 227 Å². The van der Waals surface area contributed by atoms with E-state index in [4.69, 9.17) is 14.2 Å². The molecule has 11 heteroatoms. The first kappa shape index (κ1) is 24.7. The van der Waals surface area contributed by atoms with Gasteiger partial charge in [0.25, 0.3) is 11.8 Å². The van der Waals surface area contributed by atoms with Gasteiger partial charge in [-0.25, -0.2) is 14.5 Å². The average Bonchev–Trinajstić information content (AvgIpc) is 3.32. The Kier molecular flexibility index (Phi) is 6.57. The Hall–Kier alpha value is -3.96. The SMILES string of the molecule is Cc1ccc(N2C(=O)NC(=O)/C(=C/c3cc(Br)cc(Br)c3OC(=O)c3ccc4c(c3)OCO4)C2=O)cc1. The van der Waals surface area contributed by atoms with Crippen molar-refractivity contribution in [1.29, 1.82) is 0 Å². The van der Waals surface area contributed by atoms with Crippen LogP contribution in [0.5, 0.6) is 17.2 Å². The van der Waals surface area contributed by atoms with Crippen molar-refractivity contribution < 1.29 is 33.4 Å². The van der Waals surface area contributed by atoms with E-state index < -0.39 is 23.8 Å². The third-order valence-corrected chi connectivity index (χ3v) is 6.58. The van der Waals surface area contributed by atoms with Gasteiger partial charge in [-0.3, -0.25) is 14.9 Å². The number of barbiturate groups is 1. The first-order valence-corrected chi connectivity index (χ1v) is 12.4. The molecule has 4 amide bonds. The zero-order valence-electron chi connectivity index (χ0n) is 19.0. The van der Waals surface area contributed by atoms with Crippen LogP contribution in [0.3, 0.4) is 0 Å². The summed E-state index contributed by atoms with van der Waals surface area (Å²) >= 11 is 6.75. The highest BCUT2D eigenvalue weighted by molar-refractivity contribution is 9.11. The van der Waals surface area contributed by atoms with E-state index >= 15 is 0 Å². The van der Waals surface area contributed by atoms with Crippen molar-refractivity contribution in [3.8, 4) is 17.2 Å². The second-order valence-corrected chi connectivity index (χ2v) is 9.83. The smallest absolute Gasteiger partial charge is 0.343 e. The summed E-state index contributed by atoms with van der Waals surface area (Å²) in [5.41, 5.74) is 1.38. The number of fused-ring (bicyclic) bond motifs is 1. The fraction of sp³-hybridized carbons (Fsp3) is 0.0769. The minimum absolute atomic E-state index is 0.0576. The summed E-state index contributed by atoms with van der Waals surface area (Å²) < 4.78 is 17.2. The molecular weight excluding hydrogens is 612 g/mol. The van der Waals surface area contributed by atoms with Gasteiger partial charge in [0.05, 0.1) is 15.7 Å². The fourth-order valence-corrected chi connectivity index (χ4v) is 5.05. The van der Waals surface area contributed by atoms with E-state index in [9.17, 15) is 19.2 Å². The molecule has 5 rings (SSSR count). The number of nitrogens with one attached hydrogen (secondary N) is 1. The van der Waals surface area contributed by atoms with Gasteiger partial charge in [-0.15, -0.1) is 0 Å². The van der Waals surface area contributed by atoms with E-state index in [0.717, 1.165) is 10.5 Å². The molecule has 0 bridgehead atoms. The Balaban J connectivity index is 1.51. The van der Waals surface area contributed by atoms with Gasteiger partial charge in [0.15, 0.2) is 17.2 Å². The van der Waals surface area contributed by atoms with Crippen molar-refractivity contribution in [2.75, 3.05) is 11.7 Å². The summed E-state index contributed by atoms with van der Waals surface area (Å²) in [7, 11) is 0. The van der Waals surface area contributed by atoms with Gasteiger partial charge in [0.1, 0.15) is 5.57 Å². The number of halogens is 2. The number of amides is 4. The van der Waals surface area contributed by atoms with Crippen LogP contribution in [0.25, 0.3) is 6.08 Å². The molecule has 0 aliphatic carbocycles. The third-order valence-electron chi connectivity index (χ3n) is 5.53. The summed E-state index contributed by atoms with van der Waals surface area (Å²) in [6, 6.07) is 13.7. The lowest BCUT2D eigenvalue weighted by atomic mass is 10.1. The van der Waals surface area contributed by atoms with E-state index in [-0.39, 0.29) is 29.2 Å². The van der Waals surface area contributed by atoms with Crippen molar-refractivity contribution in [3.05, 3.63) is 85.8 Å². The molecule has 2 heterocycles. The van der Waals surface area contributed by atoms with E-state index in [0.29, 0.717) is 26.1 Å². The van der Waals surface area contributed by atoms with E-state index in [1.54, 1.807) is 42.5 Å². The summed E-state index contributed by atoms with van der Waals surface area (Å²) in [5.74, 6) is -1.39. The molecule has 186 valence electrons. The van der Waals surface area contributed by atoms with Crippen LogP contribution in [0.15, 0.2) is 69.1 Å². The number of carbonyl (C=O) groups is 4. The topological polar surface area (TPSA) is 111 Å². The van der Waals surface area contributed by atoms with Gasteiger partial charge >= 0.3 is 12.0 Å². The van der Waals surface area contributed by atoms with E-state index in [1.165, 1.54) is 18.2 Å². The number of ether oxygens (including phenoxy) is 3. The minimum Gasteiger partial charge on any atom is -0.454 e.